The van der Waals surface area contributed by atoms with Gasteiger partial charge < -0.3 is 14.6 Å². The molecule has 0 spiro atoms. The lowest BCUT2D eigenvalue weighted by atomic mass is 10.1. The Bertz CT molecular complexity index is 533. The van der Waals surface area contributed by atoms with Crippen LogP contribution in [0.25, 0.3) is 0 Å². The molecule has 7 nitrogen and oxygen atoms in total. The largest absolute Gasteiger partial charge is 0.455 e. The first-order chi connectivity index (χ1) is 9.91. The van der Waals surface area contributed by atoms with Crippen molar-refractivity contribution in [3.63, 3.8) is 0 Å². The second-order valence-electron chi connectivity index (χ2n) is 5.14. The van der Waals surface area contributed by atoms with Crippen molar-refractivity contribution in [2.75, 3.05) is 26.3 Å². The molecule has 0 aliphatic carbocycles. The summed E-state index contributed by atoms with van der Waals surface area (Å²) >= 11 is 0. The van der Waals surface area contributed by atoms with Crippen molar-refractivity contribution in [2.45, 2.75) is 18.8 Å². The van der Waals surface area contributed by atoms with E-state index in [0.717, 1.165) is 0 Å². The summed E-state index contributed by atoms with van der Waals surface area (Å²) in [5, 5.41) is 5.75. The van der Waals surface area contributed by atoms with Crippen LogP contribution in [0.3, 0.4) is 0 Å². The third-order valence-electron chi connectivity index (χ3n) is 3.39. The molecule has 2 saturated heterocycles. The van der Waals surface area contributed by atoms with Gasteiger partial charge in [0.15, 0.2) is 0 Å². The summed E-state index contributed by atoms with van der Waals surface area (Å²) < 4.78 is 47.2. The number of ether oxygens (including phenoxy) is 1. The predicted octanol–water partition coefficient (Wildman–Crippen LogP) is 0.0352. The molecule has 1 aromatic rings. The van der Waals surface area contributed by atoms with Crippen LogP contribution in [0.4, 0.5) is 13.2 Å². The number of nitrogens with zero attached hydrogens (tertiary/aromatic N) is 3. The smallest absolute Gasteiger partial charge is 0.378 e. The number of hydrogen-bond donors (Lipinski definition) is 1. The van der Waals surface area contributed by atoms with E-state index in [4.69, 9.17) is 4.74 Å². The van der Waals surface area contributed by atoms with Gasteiger partial charge in [0.25, 0.3) is 5.82 Å². The maximum absolute atomic E-state index is 12.4. The minimum atomic E-state index is -4.62. The van der Waals surface area contributed by atoms with Crippen LogP contribution in [-0.4, -0.2) is 53.3 Å². The summed E-state index contributed by atoms with van der Waals surface area (Å²) in [4.78, 5) is 17.0. The van der Waals surface area contributed by atoms with Gasteiger partial charge in [-0.1, -0.05) is 5.16 Å². The molecule has 116 valence electrons. The van der Waals surface area contributed by atoms with E-state index in [0.29, 0.717) is 26.3 Å². The Morgan fingerprint density at radius 2 is 2.14 bits per heavy atom. The lowest BCUT2D eigenvalue weighted by Gasteiger charge is -2.25. The number of alkyl halides is 3. The van der Waals surface area contributed by atoms with E-state index in [1.807, 2.05) is 4.90 Å². The lowest BCUT2D eigenvalue weighted by Crippen LogP contribution is -2.41. The second kappa shape index (κ2) is 5.26. The van der Waals surface area contributed by atoms with Crippen molar-refractivity contribution in [1.29, 1.82) is 0 Å². The van der Waals surface area contributed by atoms with Gasteiger partial charge in [0.05, 0.1) is 31.7 Å². The molecule has 1 amide bonds. The third-order valence-corrected chi connectivity index (χ3v) is 3.39. The van der Waals surface area contributed by atoms with Gasteiger partial charge in [-0.2, -0.15) is 18.2 Å². The zero-order valence-corrected chi connectivity index (χ0v) is 10.9. The van der Waals surface area contributed by atoms with Crippen molar-refractivity contribution < 1.29 is 27.2 Å². The molecule has 3 rings (SSSR count). The number of carbonyl (C=O) groups is 1. The highest BCUT2D eigenvalue weighted by Gasteiger charge is 2.38. The second-order valence-corrected chi connectivity index (χ2v) is 5.14. The summed E-state index contributed by atoms with van der Waals surface area (Å²) in [6, 6.07) is -0.185. The number of amides is 1. The SMILES string of the molecule is O=C1N[C@@H]2COC[C@H]1CN(Cc1nc(C(F)(F)F)no1)C2. The standard InChI is InChI=1S/C11H13F3N4O3/c12-11(13,14)10-16-8(21-17-10)3-18-1-6-4-20-5-7(2-18)15-9(6)19/h6-7H,1-5H2,(H,15,19)/t6-,7+/m1/s1. The Balaban J connectivity index is 1.70. The Morgan fingerprint density at radius 3 is 2.86 bits per heavy atom. The van der Waals surface area contributed by atoms with Crippen LogP contribution in [0.5, 0.6) is 0 Å². The molecule has 10 heteroatoms. The minimum absolute atomic E-state index is 0.0744. The monoisotopic (exact) mass is 306 g/mol. The van der Waals surface area contributed by atoms with Crippen LogP contribution in [0.2, 0.25) is 0 Å². The molecule has 1 aromatic heterocycles. The van der Waals surface area contributed by atoms with E-state index in [1.54, 1.807) is 0 Å². The Morgan fingerprint density at radius 1 is 1.33 bits per heavy atom. The van der Waals surface area contributed by atoms with Gasteiger partial charge in [-0.05, 0) is 0 Å². The zero-order valence-electron chi connectivity index (χ0n) is 10.9. The van der Waals surface area contributed by atoms with Crippen LogP contribution in [-0.2, 0) is 22.3 Å². The van der Waals surface area contributed by atoms with Crippen molar-refractivity contribution in [3.8, 4) is 0 Å². The molecule has 2 bridgehead atoms. The van der Waals surface area contributed by atoms with Crippen molar-refractivity contribution in [2.24, 2.45) is 5.92 Å². The normalized spacial score (nSPS) is 27.3. The molecule has 2 fully saturated rings. The first-order valence-electron chi connectivity index (χ1n) is 6.42. The van der Waals surface area contributed by atoms with Gasteiger partial charge in [-0.25, -0.2) is 0 Å². The van der Waals surface area contributed by atoms with Crippen LogP contribution in [0.1, 0.15) is 11.7 Å². The third kappa shape index (κ3) is 3.16. The average molecular weight is 306 g/mol. The molecule has 21 heavy (non-hydrogen) atoms. The summed E-state index contributed by atoms with van der Waals surface area (Å²) in [5.74, 6) is -1.84. The Hall–Kier alpha value is -1.68. The Kier molecular flexibility index (Phi) is 3.57. The maximum atomic E-state index is 12.4. The van der Waals surface area contributed by atoms with Gasteiger partial charge in [0.1, 0.15) is 0 Å². The molecule has 2 aliphatic heterocycles. The minimum Gasteiger partial charge on any atom is -0.378 e. The molecule has 0 saturated carbocycles. The molecule has 2 atom stereocenters. The number of carbonyl (C=O) groups excluding carboxylic acids is 1. The van der Waals surface area contributed by atoms with Gasteiger partial charge in [0, 0.05) is 13.1 Å². The van der Waals surface area contributed by atoms with Gasteiger partial charge in [0.2, 0.25) is 11.8 Å². The van der Waals surface area contributed by atoms with Gasteiger partial charge in [-0.3, -0.25) is 9.69 Å². The van der Waals surface area contributed by atoms with E-state index < -0.39 is 12.0 Å². The molecule has 2 aliphatic rings. The first kappa shape index (κ1) is 14.3. The van der Waals surface area contributed by atoms with E-state index in [2.05, 4.69) is 20.0 Å². The van der Waals surface area contributed by atoms with Crippen LogP contribution >= 0.6 is 0 Å². The van der Waals surface area contributed by atoms with Gasteiger partial charge in [-0.15, -0.1) is 0 Å². The Labute approximate surface area is 117 Å². The summed E-state index contributed by atoms with van der Waals surface area (Å²) in [6.45, 7) is 1.61. The number of fused-ring (bicyclic) bond motifs is 3. The van der Waals surface area contributed by atoms with E-state index in [9.17, 15) is 18.0 Å². The van der Waals surface area contributed by atoms with Crippen molar-refractivity contribution in [1.82, 2.24) is 20.4 Å². The maximum Gasteiger partial charge on any atom is 0.455 e. The van der Waals surface area contributed by atoms with Crippen LogP contribution < -0.4 is 5.32 Å². The van der Waals surface area contributed by atoms with E-state index in [-0.39, 0.29) is 30.3 Å². The number of halogens is 3. The zero-order chi connectivity index (χ0) is 15.0. The number of aromatic nitrogens is 2. The first-order valence-corrected chi connectivity index (χ1v) is 6.42. The summed E-state index contributed by atoms with van der Waals surface area (Å²) in [7, 11) is 0. The van der Waals surface area contributed by atoms with Crippen LogP contribution in [0.15, 0.2) is 4.52 Å². The van der Waals surface area contributed by atoms with Crippen molar-refractivity contribution >= 4 is 5.91 Å². The van der Waals surface area contributed by atoms with Crippen molar-refractivity contribution in [3.05, 3.63) is 11.7 Å². The summed E-state index contributed by atoms with van der Waals surface area (Å²) in [5.41, 5.74) is 0. The fourth-order valence-corrected chi connectivity index (χ4v) is 2.48. The molecule has 3 heterocycles. The topological polar surface area (TPSA) is 80.5 Å². The molecular weight excluding hydrogens is 293 g/mol. The summed E-state index contributed by atoms with van der Waals surface area (Å²) in [6.07, 6.45) is -4.62. The fourth-order valence-electron chi connectivity index (χ4n) is 2.48. The quantitative estimate of drug-likeness (QED) is 0.831. The van der Waals surface area contributed by atoms with E-state index >= 15 is 0 Å². The fraction of sp³-hybridized carbons (Fsp3) is 0.727. The highest BCUT2D eigenvalue weighted by molar-refractivity contribution is 5.79. The number of nitrogens with one attached hydrogen (secondary N) is 1. The van der Waals surface area contributed by atoms with E-state index in [1.165, 1.54) is 0 Å². The molecular formula is C11H13F3N4O3. The lowest BCUT2D eigenvalue weighted by molar-refractivity contribution is -0.146. The van der Waals surface area contributed by atoms with Crippen LogP contribution in [0, 0.1) is 5.92 Å². The average Bonchev–Trinajstić information content (AvgIpc) is 2.70. The molecule has 1 N–H and O–H groups in total. The highest BCUT2D eigenvalue weighted by Crippen LogP contribution is 2.26. The molecule has 0 aromatic carbocycles. The molecule has 0 unspecified atom stereocenters. The number of rotatable bonds is 2. The van der Waals surface area contributed by atoms with Gasteiger partial charge >= 0.3 is 6.18 Å². The predicted molar refractivity (Wildman–Crippen MR) is 60.8 cm³/mol. The molecule has 0 radical (unpaired) electrons. The number of hydrogen-bond acceptors (Lipinski definition) is 6. The highest BCUT2D eigenvalue weighted by atomic mass is 19.4.